The fraction of sp³-hybridized carbons (Fsp3) is 0.500. The van der Waals surface area contributed by atoms with Crippen molar-refractivity contribution in [3.8, 4) is 28.1 Å². The van der Waals surface area contributed by atoms with Gasteiger partial charge in [0, 0.05) is 12.1 Å². The molecular weight excluding hydrogens is 649 g/mol. The number of alkyl halides is 3. The normalized spacial score (nSPS) is 19.5. The molecule has 3 aliphatic rings. The van der Waals surface area contributed by atoms with Gasteiger partial charge in [-0.05, 0) is 78.2 Å². The maximum Gasteiger partial charge on any atom is 0.534 e. The summed E-state index contributed by atoms with van der Waals surface area (Å²) < 4.78 is 72.8. The number of methoxy groups -OCH3 is 1. The number of hydrogen-bond donors (Lipinski definition) is 2. The predicted octanol–water partition coefficient (Wildman–Crippen LogP) is 6.68. The first-order chi connectivity index (χ1) is 22.7. The zero-order chi connectivity index (χ0) is 34.4. The van der Waals surface area contributed by atoms with Crippen LogP contribution in [0.1, 0.15) is 75.4 Å². The molecule has 0 bridgehead atoms. The lowest BCUT2D eigenvalue weighted by molar-refractivity contribution is -0.135. The molecule has 1 aliphatic heterocycles. The number of amides is 2. The second-order valence-corrected chi connectivity index (χ2v) is 15.0. The SMILES string of the molecule is COC(=O)NC(C(=O)N1CCCC1c1ncc(-c2ccc(-c3ccc(OS(=O)(=O)C(F)(F)F)c4c3CC3(CCCC3)C4)cc2)[nH]1)C(C)C. The molecule has 2 amide bonds. The standard InChI is InChI=1S/C34H39F3N4O6S/c1-20(2)29(40-32(43)46-3)31(42)41-16-6-7-27(41)30-38-19-26(39-30)22-10-8-21(9-11-22)23-12-13-28(47-48(44,45)34(35,36)37)25-18-33(17-24(23)25)14-4-5-15-33/h8-13,19-20,27,29H,4-7,14-18H2,1-3H3,(H,38,39)(H,40,43). The van der Waals surface area contributed by atoms with E-state index in [2.05, 4.69) is 19.5 Å². The summed E-state index contributed by atoms with van der Waals surface area (Å²) in [4.78, 5) is 35.1. The highest BCUT2D eigenvalue weighted by molar-refractivity contribution is 7.88. The fourth-order valence-corrected chi connectivity index (χ4v) is 8.03. The zero-order valence-corrected chi connectivity index (χ0v) is 27.8. The van der Waals surface area contributed by atoms with Crippen molar-refractivity contribution in [1.29, 1.82) is 0 Å². The summed E-state index contributed by atoms with van der Waals surface area (Å²) in [7, 11) is -4.54. The van der Waals surface area contributed by atoms with Crippen molar-refractivity contribution in [2.24, 2.45) is 11.3 Å². The number of aromatic nitrogens is 2. The van der Waals surface area contributed by atoms with Crippen molar-refractivity contribution in [3.05, 3.63) is 59.5 Å². The molecule has 2 N–H and O–H groups in total. The van der Waals surface area contributed by atoms with Crippen molar-refractivity contribution in [2.75, 3.05) is 13.7 Å². The molecule has 48 heavy (non-hydrogen) atoms. The summed E-state index contributed by atoms with van der Waals surface area (Å²) in [6.07, 6.45) is 7.60. The number of carbonyl (C=O) groups is 2. The lowest BCUT2D eigenvalue weighted by atomic mass is 9.83. The molecule has 2 atom stereocenters. The third kappa shape index (κ3) is 6.38. The number of aromatic amines is 1. The minimum atomic E-state index is -5.80. The fourth-order valence-electron chi connectivity index (χ4n) is 7.55. The highest BCUT2D eigenvalue weighted by atomic mass is 32.2. The van der Waals surface area contributed by atoms with Gasteiger partial charge in [0.15, 0.2) is 0 Å². The van der Waals surface area contributed by atoms with Crippen LogP contribution in [0.25, 0.3) is 22.4 Å². The van der Waals surface area contributed by atoms with Gasteiger partial charge in [-0.1, -0.05) is 57.0 Å². The van der Waals surface area contributed by atoms with E-state index < -0.39 is 27.8 Å². The Balaban J connectivity index is 1.24. The number of nitrogens with zero attached hydrogens (tertiary/aromatic N) is 2. The van der Waals surface area contributed by atoms with Crippen LogP contribution >= 0.6 is 0 Å². The monoisotopic (exact) mass is 688 g/mol. The second-order valence-electron chi connectivity index (χ2n) is 13.4. The van der Waals surface area contributed by atoms with E-state index in [0.717, 1.165) is 66.5 Å². The summed E-state index contributed by atoms with van der Waals surface area (Å²) in [5.41, 5.74) is -0.985. The molecule has 2 unspecified atom stereocenters. The minimum Gasteiger partial charge on any atom is -0.453 e. The van der Waals surface area contributed by atoms with Gasteiger partial charge in [-0.2, -0.15) is 21.6 Å². The number of hydrogen-bond acceptors (Lipinski definition) is 7. The van der Waals surface area contributed by atoms with Gasteiger partial charge >= 0.3 is 21.7 Å². The molecule has 2 fully saturated rings. The summed E-state index contributed by atoms with van der Waals surface area (Å²) in [5, 5.41) is 2.65. The topological polar surface area (TPSA) is 131 Å². The van der Waals surface area contributed by atoms with Crippen LogP contribution in [-0.4, -0.2) is 60.5 Å². The van der Waals surface area contributed by atoms with Crippen molar-refractivity contribution in [3.63, 3.8) is 0 Å². The van der Waals surface area contributed by atoms with Gasteiger partial charge in [0.05, 0.1) is 25.0 Å². The lowest BCUT2D eigenvalue weighted by Gasteiger charge is -2.30. The van der Waals surface area contributed by atoms with Gasteiger partial charge < -0.3 is 24.1 Å². The predicted molar refractivity (Wildman–Crippen MR) is 171 cm³/mol. The van der Waals surface area contributed by atoms with E-state index in [1.807, 2.05) is 38.1 Å². The smallest absolute Gasteiger partial charge is 0.453 e. The molecule has 6 rings (SSSR count). The van der Waals surface area contributed by atoms with Gasteiger partial charge in [-0.15, -0.1) is 0 Å². The van der Waals surface area contributed by atoms with Crippen molar-refractivity contribution in [1.82, 2.24) is 20.2 Å². The van der Waals surface area contributed by atoms with E-state index >= 15 is 0 Å². The molecule has 1 spiro atoms. The average molecular weight is 689 g/mol. The molecular formula is C34H39F3N4O6S. The van der Waals surface area contributed by atoms with E-state index in [0.29, 0.717) is 30.8 Å². The molecule has 1 saturated carbocycles. The number of H-pyrrole nitrogens is 1. The largest absolute Gasteiger partial charge is 0.534 e. The number of benzene rings is 2. The van der Waals surface area contributed by atoms with Crippen LogP contribution in [0.5, 0.6) is 5.75 Å². The van der Waals surface area contributed by atoms with E-state index in [1.165, 1.54) is 13.2 Å². The zero-order valence-electron chi connectivity index (χ0n) is 27.0. The Bertz CT molecular complexity index is 1800. The van der Waals surface area contributed by atoms with Gasteiger partial charge in [0.2, 0.25) is 5.91 Å². The van der Waals surface area contributed by atoms with Gasteiger partial charge in [-0.25, -0.2) is 9.78 Å². The summed E-state index contributed by atoms with van der Waals surface area (Å²) in [6, 6.07) is 9.65. The van der Waals surface area contributed by atoms with Crippen LogP contribution in [0, 0.1) is 11.3 Å². The number of carbonyl (C=O) groups excluding carboxylic acids is 2. The number of halogens is 3. The molecule has 2 aromatic carbocycles. The number of ether oxygens (including phenoxy) is 1. The molecule has 14 heteroatoms. The molecule has 2 heterocycles. The van der Waals surface area contributed by atoms with Gasteiger partial charge in [0.1, 0.15) is 17.6 Å². The number of alkyl carbamates (subject to hydrolysis) is 1. The van der Waals surface area contributed by atoms with E-state index in [9.17, 15) is 31.2 Å². The number of imidazole rings is 1. The first-order valence-electron chi connectivity index (χ1n) is 16.2. The number of rotatable bonds is 8. The molecule has 1 saturated heterocycles. The number of likely N-dealkylation sites (tertiary alicyclic amines) is 1. The Morgan fingerprint density at radius 2 is 1.69 bits per heavy atom. The van der Waals surface area contributed by atoms with Crippen molar-refractivity contribution < 1.29 is 40.1 Å². The third-order valence-electron chi connectivity index (χ3n) is 9.98. The maximum absolute atomic E-state index is 13.5. The molecule has 0 radical (unpaired) electrons. The number of fused-ring (bicyclic) bond motifs is 1. The van der Waals surface area contributed by atoms with Crippen LogP contribution in [0.4, 0.5) is 18.0 Å². The quantitative estimate of drug-likeness (QED) is 0.200. The van der Waals surface area contributed by atoms with Gasteiger partial charge in [0.25, 0.3) is 0 Å². The maximum atomic E-state index is 13.5. The molecule has 10 nitrogen and oxygen atoms in total. The number of nitrogens with one attached hydrogen (secondary N) is 2. The molecule has 3 aromatic rings. The Hall–Kier alpha value is -4.07. The van der Waals surface area contributed by atoms with Gasteiger partial charge in [-0.3, -0.25) is 4.79 Å². The Kier molecular flexibility index (Phi) is 8.98. The lowest BCUT2D eigenvalue weighted by Crippen LogP contribution is -2.51. The molecule has 258 valence electrons. The van der Waals surface area contributed by atoms with E-state index in [-0.39, 0.29) is 29.0 Å². The Morgan fingerprint density at radius 1 is 1.02 bits per heavy atom. The summed E-state index contributed by atoms with van der Waals surface area (Å²) in [6.45, 7) is 4.26. The van der Waals surface area contributed by atoms with E-state index in [1.54, 1.807) is 17.2 Å². The average Bonchev–Trinajstić information content (AvgIpc) is 3.86. The van der Waals surface area contributed by atoms with Crippen molar-refractivity contribution >= 4 is 22.1 Å². The van der Waals surface area contributed by atoms with E-state index in [4.69, 9.17) is 4.74 Å². The van der Waals surface area contributed by atoms with Crippen LogP contribution < -0.4 is 9.50 Å². The van der Waals surface area contributed by atoms with Crippen LogP contribution in [0.2, 0.25) is 0 Å². The highest BCUT2D eigenvalue weighted by Gasteiger charge is 2.50. The third-order valence-corrected chi connectivity index (χ3v) is 11.0. The Labute approximate surface area is 277 Å². The molecule has 1 aromatic heterocycles. The van der Waals surface area contributed by atoms with Crippen LogP contribution in [-0.2, 0) is 32.5 Å². The second kappa shape index (κ2) is 12.8. The highest BCUT2D eigenvalue weighted by Crippen LogP contribution is 2.53. The van der Waals surface area contributed by atoms with Crippen molar-refractivity contribution in [2.45, 2.75) is 82.8 Å². The first-order valence-corrected chi connectivity index (χ1v) is 17.6. The minimum absolute atomic E-state index is 0.106. The van der Waals surface area contributed by atoms with Crippen LogP contribution in [0.3, 0.4) is 0 Å². The Morgan fingerprint density at radius 3 is 2.33 bits per heavy atom. The summed E-state index contributed by atoms with van der Waals surface area (Å²) >= 11 is 0. The van der Waals surface area contributed by atoms with Crippen LogP contribution in [0.15, 0.2) is 42.6 Å². The summed E-state index contributed by atoms with van der Waals surface area (Å²) in [5.74, 6) is 0.0472. The first kappa shape index (κ1) is 33.8. The molecule has 2 aliphatic carbocycles.